The van der Waals surface area contributed by atoms with E-state index in [-0.39, 0.29) is 0 Å². The van der Waals surface area contributed by atoms with Crippen LogP contribution in [0.3, 0.4) is 0 Å². The monoisotopic (exact) mass is 256 g/mol. The maximum absolute atomic E-state index is 11.6. The lowest BCUT2D eigenvalue weighted by Crippen LogP contribution is -2.28. The quantitative estimate of drug-likeness (QED) is 0.539. The Balaban J connectivity index is 4.01. The van der Waals surface area contributed by atoms with E-state index in [1.807, 2.05) is 0 Å². The first-order valence-electron chi connectivity index (χ1n) is 4.16. The molecule has 0 aromatic heterocycles. The normalized spacial score (nSPS) is 10.6. The lowest BCUT2D eigenvalue weighted by atomic mass is 10.3. The summed E-state index contributed by atoms with van der Waals surface area (Å²) in [6.45, 7) is 0.934. The van der Waals surface area contributed by atoms with Crippen LogP contribution in [0.4, 0.5) is 13.2 Å². The van der Waals surface area contributed by atoms with E-state index in [0.717, 1.165) is 6.92 Å². The van der Waals surface area contributed by atoms with Crippen molar-refractivity contribution in [1.82, 2.24) is 0 Å². The highest BCUT2D eigenvalue weighted by Gasteiger charge is 2.42. The Labute approximate surface area is 92.7 Å². The highest BCUT2D eigenvalue weighted by Crippen LogP contribution is 2.16. The van der Waals surface area contributed by atoms with Gasteiger partial charge in [-0.2, -0.15) is 13.2 Å². The van der Waals surface area contributed by atoms with E-state index in [0.29, 0.717) is 0 Å². The molecule has 0 heterocycles. The van der Waals surface area contributed by atoms with Crippen LogP contribution in [0.2, 0.25) is 0 Å². The SMILES string of the molecule is CC(=O)OC(=O)CCC(=O)OC(=O)C(F)(F)F. The second-order valence-electron chi connectivity index (χ2n) is 2.72. The summed E-state index contributed by atoms with van der Waals surface area (Å²) in [4.78, 5) is 41.7. The Hall–Kier alpha value is -1.93. The van der Waals surface area contributed by atoms with Crippen molar-refractivity contribution in [3.8, 4) is 0 Å². The van der Waals surface area contributed by atoms with Gasteiger partial charge < -0.3 is 9.47 Å². The van der Waals surface area contributed by atoms with E-state index >= 15 is 0 Å². The molecular formula is C8H7F3O6. The van der Waals surface area contributed by atoms with Crippen LogP contribution >= 0.6 is 0 Å². The molecule has 0 aliphatic heterocycles. The van der Waals surface area contributed by atoms with Gasteiger partial charge in [0.15, 0.2) is 0 Å². The summed E-state index contributed by atoms with van der Waals surface area (Å²) in [6.07, 6.45) is -6.74. The summed E-state index contributed by atoms with van der Waals surface area (Å²) in [7, 11) is 0. The third kappa shape index (κ3) is 7.03. The minimum Gasteiger partial charge on any atom is -0.393 e. The predicted octanol–water partition coefficient (Wildman–Crippen LogP) is 0.488. The number of carbonyl (C=O) groups is 4. The fourth-order valence-corrected chi connectivity index (χ4v) is 0.628. The zero-order valence-corrected chi connectivity index (χ0v) is 8.50. The summed E-state index contributed by atoms with van der Waals surface area (Å²) in [5.41, 5.74) is 0. The van der Waals surface area contributed by atoms with E-state index in [9.17, 15) is 32.3 Å². The number of carbonyl (C=O) groups excluding carboxylic acids is 4. The standard InChI is InChI=1S/C8H7F3O6/c1-4(12)16-5(13)2-3-6(14)17-7(15)8(9,10)11/h2-3H2,1H3. The van der Waals surface area contributed by atoms with E-state index in [1.54, 1.807) is 0 Å². The molecule has 0 spiro atoms. The molecule has 0 aliphatic rings. The minimum absolute atomic E-state index is 0.663. The van der Waals surface area contributed by atoms with Crippen molar-refractivity contribution in [2.45, 2.75) is 25.9 Å². The predicted molar refractivity (Wildman–Crippen MR) is 43.2 cm³/mol. The molecule has 0 saturated heterocycles. The van der Waals surface area contributed by atoms with Gasteiger partial charge in [-0.05, 0) is 0 Å². The zero-order valence-electron chi connectivity index (χ0n) is 8.50. The first kappa shape index (κ1) is 15.1. The number of hydrogen-bond donors (Lipinski definition) is 0. The number of halogens is 3. The molecule has 17 heavy (non-hydrogen) atoms. The van der Waals surface area contributed by atoms with Crippen molar-refractivity contribution in [3.63, 3.8) is 0 Å². The molecule has 0 saturated carbocycles. The fourth-order valence-electron chi connectivity index (χ4n) is 0.628. The van der Waals surface area contributed by atoms with Crippen molar-refractivity contribution in [3.05, 3.63) is 0 Å². The van der Waals surface area contributed by atoms with E-state index in [4.69, 9.17) is 0 Å². The topological polar surface area (TPSA) is 86.7 Å². The van der Waals surface area contributed by atoms with Crippen molar-refractivity contribution < 1.29 is 41.8 Å². The smallest absolute Gasteiger partial charge is 0.393 e. The number of rotatable bonds is 3. The number of esters is 4. The molecule has 0 aliphatic carbocycles. The van der Waals surface area contributed by atoms with Gasteiger partial charge in [0, 0.05) is 6.92 Å². The van der Waals surface area contributed by atoms with Crippen LogP contribution in [0.1, 0.15) is 19.8 Å². The van der Waals surface area contributed by atoms with Gasteiger partial charge in [-0.15, -0.1) is 0 Å². The van der Waals surface area contributed by atoms with Crippen LogP contribution in [0, 0.1) is 0 Å². The first-order valence-corrected chi connectivity index (χ1v) is 4.16. The molecular weight excluding hydrogens is 249 g/mol. The fraction of sp³-hybridized carbons (Fsp3) is 0.500. The molecule has 0 radical (unpaired) electrons. The molecule has 0 rings (SSSR count). The highest BCUT2D eigenvalue weighted by molar-refractivity contribution is 5.91. The van der Waals surface area contributed by atoms with Crippen LogP contribution in [-0.2, 0) is 28.7 Å². The van der Waals surface area contributed by atoms with E-state index in [2.05, 4.69) is 9.47 Å². The van der Waals surface area contributed by atoms with Gasteiger partial charge in [-0.3, -0.25) is 14.4 Å². The van der Waals surface area contributed by atoms with Crippen molar-refractivity contribution in [2.24, 2.45) is 0 Å². The average Bonchev–Trinajstić information content (AvgIpc) is 2.12. The maximum atomic E-state index is 11.6. The van der Waals surface area contributed by atoms with Gasteiger partial charge in [-0.1, -0.05) is 0 Å². The summed E-state index contributed by atoms with van der Waals surface area (Å²) >= 11 is 0. The van der Waals surface area contributed by atoms with Crippen LogP contribution < -0.4 is 0 Å². The molecule has 0 N–H and O–H groups in total. The molecule has 0 atom stereocenters. The number of ether oxygens (including phenoxy) is 2. The molecule has 0 bridgehead atoms. The van der Waals surface area contributed by atoms with Crippen LogP contribution in [0.15, 0.2) is 0 Å². The third-order valence-electron chi connectivity index (χ3n) is 1.23. The van der Waals surface area contributed by atoms with E-state index in [1.165, 1.54) is 0 Å². The van der Waals surface area contributed by atoms with Crippen LogP contribution in [0.25, 0.3) is 0 Å². The van der Waals surface area contributed by atoms with Gasteiger partial charge in [0.2, 0.25) is 0 Å². The number of alkyl halides is 3. The molecule has 0 aromatic rings. The molecule has 0 amide bonds. The largest absolute Gasteiger partial charge is 0.491 e. The van der Waals surface area contributed by atoms with Gasteiger partial charge >= 0.3 is 30.1 Å². The zero-order chi connectivity index (χ0) is 13.6. The molecule has 0 unspecified atom stereocenters. The summed E-state index contributed by atoms with van der Waals surface area (Å²) in [5, 5.41) is 0. The summed E-state index contributed by atoms with van der Waals surface area (Å²) in [6, 6.07) is 0. The van der Waals surface area contributed by atoms with Crippen LogP contribution in [-0.4, -0.2) is 30.1 Å². The Kier molecular flexibility index (Phi) is 5.29. The second kappa shape index (κ2) is 5.97. The van der Waals surface area contributed by atoms with Gasteiger partial charge in [0.05, 0.1) is 12.8 Å². The lowest BCUT2D eigenvalue weighted by Gasteiger charge is -2.04. The Morgan fingerprint density at radius 1 is 0.941 bits per heavy atom. The van der Waals surface area contributed by atoms with Gasteiger partial charge in [-0.25, -0.2) is 4.79 Å². The summed E-state index contributed by atoms with van der Waals surface area (Å²) < 4.78 is 42.2. The van der Waals surface area contributed by atoms with E-state index < -0.39 is 42.9 Å². The molecule has 0 aromatic carbocycles. The molecule has 0 fully saturated rings. The van der Waals surface area contributed by atoms with Crippen molar-refractivity contribution in [1.29, 1.82) is 0 Å². The highest BCUT2D eigenvalue weighted by atomic mass is 19.4. The third-order valence-corrected chi connectivity index (χ3v) is 1.23. The number of hydrogen-bond acceptors (Lipinski definition) is 6. The minimum atomic E-state index is -5.28. The lowest BCUT2D eigenvalue weighted by molar-refractivity contribution is -0.202. The molecule has 9 heteroatoms. The van der Waals surface area contributed by atoms with Crippen molar-refractivity contribution >= 4 is 23.9 Å². The second-order valence-corrected chi connectivity index (χ2v) is 2.72. The van der Waals surface area contributed by atoms with Crippen LogP contribution in [0.5, 0.6) is 0 Å². The van der Waals surface area contributed by atoms with Gasteiger partial charge in [0.1, 0.15) is 0 Å². The average molecular weight is 256 g/mol. The first-order chi connectivity index (χ1) is 7.62. The maximum Gasteiger partial charge on any atom is 0.491 e. The Bertz CT molecular complexity index is 346. The molecule has 6 nitrogen and oxygen atoms in total. The van der Waals surface area contributed by atoms with Crippen molar-refractivity contribution in [2.75, 3.05) is 0 Å². The summed E-state index contributed by atoms with van der Waals surface area (Å²) in [5.74, 6) is -6.22. The van der Waals surface area contributed by atoms with Gasteiger partial charge in [0.25, 0.3) is 0 Å². The molecule has 96 valence electrons. The Morgan fingerprint density at radius 2 is 1.35 bits per heavy atom. The Morgan fingerprint density at radius 3 is 1.71 bits per heavy atom.